The first-order valence-corrected chi connectivity index (χ1v) is 11.8. The summed E-state index contributed by atoms with van der Waals surface area (Å²) < 4.78 is 0. The van der Waals surface area contributed by atoms with Crippen LogP contribution in [0.15, 0.2) is 95.7 Å². The Bertz CT molecular complexity index is 1340. The molecule has 0 aromatic heterocycles. The maximum Gasteiger partial charge on any atom is 0.161 e. The summed E-state index contributed by atoms with van der Waals surface area (Å²) in [6, 6.07) is 24.6. The van der Waals surface area contributed by atoms with E-state index in [-0.39, 0.29) is 17.4 Å². The third-order valence-corrected chi connectivity index (χ3v) is 7.01. The second kappa shape index (κ2) is 8.96. The molecule has 1 atom stereocenters. The number of aliphatic hydroxyl groups is 1. The standard InChI is InChI=1S/C29H25ClN2O2/c1-18-15-16-21(17-22(18)30)32-23-13-8-14-24(33)26(23)25(19-9-4-2-5-10-19)27(29(32)31)28(34)20-11-6-3-7-12-20/h2-7,9-12,15-17,25,31,34H,8,13-14H2,1H3/t25-/m0/s1. The maximum absolute atomic E-state index is 13.4. The van der Waals surface area contributed by atoms with Crippen molar-refractivity contribution in [3.8, 4) is 0 Å². The number of hydrogen-bond donors (Lipinski definition) is 2. The molecule has 1 aliphatic heterocycles. The number of halogens is 1. The van der Waals surface area contributed by atoms with E-state index in [1.54, 1.807) is 4.90 Å². The molecule has 1 aliphatic carbocycles. The first kappa shape index (κ1) is 22.2. The summed E-state index contributed by atoms with van der Waals surface area (Å²) in [5.41, 5.74) is 5.04. The van der Waals surface area contributed by atoms with Gasteiger partial charge in [0.05, 0.1) is 0 Å². The summed E-state index contributed by atoms with van der Waals surface area (Å²) in [6.07, 6.45) is 1.86. The average Bonchev–Trinajstić information content (AvgIpc) is 2.86. The normalized spacial score (nSPS) is 19.8. The monoisotopic (exact) mass is 468 g/mol. The van der Waals surface area contributed by atoms with Crippen molar-refractivity contribution in [3.63, 3.8) is 0 Å². The summed E-state index contributed by atoms with van der Waals surface area (Å²) in [5.74, 6) is -0.297. The van der Waals surface area contributed by atoms with Crippen molar-refractivity contribution in [3.05, 3.63) is 117 Å². The van der Waals surface area contributed by atoms with Gasteiger partial charge in [0, 0.05) is 45.5 Å². The summed E-state index contributed by atoms with van der Waals surface area (Å²) >= 11 is 6.46. The molecular formula is C29H25ClN2O2. The second-order valence-electron chi connectivity index (χ2n) is 8.73. The van der Waals surface area contributed by atoms with E-state index in [0.717, 1.165) is 23.2 Å². The molecule has 0 radical (unpaired) electrons. The van der Waals surface area contributed by atoms with Crippen LogP contribution in [-0.4, -0.2) is 16.7 Å². The van der Waals surface area contributed by atoms with Gasteiger partial charge >= 0.3 is 0 Å². The fourth-order valence-corrected chi connectivity index (χ4v) is 5.10. The van der Waals surface area contributed by atoms with Gasteiger partial charge in [-0.15, -0.1) is 0 Å². The minimum Gasteiger partial charge on any atom is -0.507 e. The van der Waals surface area contributed by atoms with Crippen LogP contribution in [0, 0.1) is 12.3 Å². The number of hydrogen-bond acceptors (Lipinski definition) is 3. The van der Waals surface area contributed by atoms with E-state index in [0.29, 0.717) is 40.3 Å². The van der Waals surface area contributed by atoms with Crippen molar-refractivity contribution in [1.29, 1.82) is 5.41 Å². The third kappa shape index (κ3) is 3.74. The number of aliphatic hydroxyl groups excluding tert-OH is 1. The number of carbonyl (C=O) groups excluding carboxylic acids is 1. The van der Waals surface area contributed by atoms with E-state index in [2.05, 4.69) is 0 Å². The van der Waals surface area contributed by atoms with E-state index in [1.807, 2.05) is 85.8 Å². The number of amidine groups is 1. The molecule has 170 valence electrons. The largest absolute Gasteiger partial charge is 0.507 e. The van der Waals surface area contributed by atoms with E-state index in [4.69, 9.17) is 11.6 Å². The van der Waals surface area contributed by atoms with E-state index in [1.165, 1.54) is 0 Å². The Labute approximate surface area is 204 Å². The lowest BCUT2D eigenvalue weighted by molar-refractivity contribution is -0.116. The first-order valence-electron chi connectivity index (χ1n) is 11.4. The van der Waals surface area contributed by atoms with Gasteiger partial charge in [-0.2, -0.15) is 0 Å². The van der Waals surface area contributed by atoms with Crippen LogP contribution in [0.5, 0.6) is 0 Å². The van der Waals surface area contributed by atoms with Gasteiger partial charge in [0.15, 0.2) is 5.78 Å². The quantitative estimate of drug-likeness (QED) is 0.399. The second-order valence-corrected chi connectivity index (χ2v) is 9.13. The molecule has 0 saturated heterocycles. The number of Topliss-reactive ketones (excluding diaryl/α,β-unsaturated/α-hetero) is 1. The number of anilines is 1. The van der Waals surface area contributed by atoms with Crippen LogP contribution in [0.3, 0.4) is 0 Å². The van der Waals surface area contributed by atoms with Crippen LogP contribution in [-0.2, 0) is 4.79 Å². The molecule has 3 aromatic rings. The number of nitrogens with zero attached hydrogens (tertiary/aromatic N) is 1. The molecule has 5 heteroatoms. The van der Waals surface area contributed by atoms with Gasteiger partial charge in [-0.25, -0.2) is 0 Å². The smallest absolute Gasteiger partial charge is 0.161 e. The highest BCUT2D eigenvalue weighted by molar-refractivity contribution is 6.32. The van der Waals surface area contributed by atoms with Gasteiger partial charge in [0.25, 0.3) is 0 Å². The first-order chi connectivity index (χ1) is 16.5. The molecule has 5 rings (SSSR count). The number of ketones is 1. The molecule has 0 unspecified atom stereocenters. The summed E-state index contributed by atoms with van der Waals surface area (Å²) in [6.45, 7) is 1.93. The molecule has 0 saturated carbocycles. The number of rotatable bonds is 3. The van der Waals surface area contributed by atoms with Gasteiger partial charge < -0.3 is 5.11 Å². The highest BCUT2D eigenvalue weighted by Crippen LogP contribution is 2.48. The Morgan fingerprint density at radius 2 is 1.68 bits per heavy atom. The van der Waals surface area contributed by atoms with Gasteiger partial charge in [-0.3, -0.25) is 15.1 Å². The Morgan fingerprint density at radius 3 is 2.35 bits per heavy atom. The molecule has 4 nitrogen and oxygen atoms in total. The van der Waals surface area contributed by atoms with Crippen LogP contribution in [0.1, 0.15) is 41.9 Å². The Morgan fingerprint density at radius 1 is 1.00 bits per heavy atom. The predicted octanol–water partition coefficient (Wildman–Crippen LogP) is 7.21. The fraction of sp³-hybridized carbons (Fsp3) is 0.172. The molecule has 0 bridgehead atoms. The van der Waals surface area contributed by atoms with Gasteiger partial charge in [-0.05, 0) is 43.0 Å². The van der Waals surface area contributed by atoms with Crippen LogP contribution >= 0.6 is 11.6 Å². The van der Waals surface area contributed by atoms with Crippen LogP contribution in [0.2, 0.25) is 5.02 Å². The number of carbonyl (C=O) groups is 1. The lowest BCUT2D eigenvalue weighted by Gasteiger charge is -2.42. The molecule has 2 N–H and O–H groups in total. The topological polar surface area (TPSA) is 64.4 Å². The number of allylic oxidation sites excluding steroid dienone is 2. The Kier molecular flexibility index (Phi) is 5.84. The summed E-state index contributed by atoms with van der Waals surface area (Å²) in [4.78, 5) is 15.2. The number of aryl methyl sites for hydroxylation is 1. The van der Waals surface area contributed by atoms with Crippen molar-refractivity contribution in [2.24, 2.45) is 0 Å². The SMILES string of the molecule is Cc1ccc(N2C(=N)C(=C(O)c3ccccc3)[C@@H](c3ccccc3)C3=C2CCCC3=O)cc1Cl. The summed E-state index contributed by atoms with van der Waals surface area (Å²) in [5, 5.41) is 21.5. The van der Waals surface area contributed by atoms with Crippen molar-refractivity contribution < 1.29 is 9.90 Å². The minimum atomic E-state index is -0.520. The van der Waals surface area contributed by atoms with Gasteiger partial charge in [-0.1, -0.05) is 78.3 Å². The molecule has 34 heavy (non-hydrogen) atoms. The van der Waals surface area contributed by atoms with Crippen molar-refractivity contribution in [2.75, 3.05) is 4.90 Å². The minimum absolute atomic E-state index is 0.00702. The van der Waals surface area contributed by atoms with Crippen molar-refractivity contribution in [2.45, 2.75) is 32.1 Å². The van der Waals surface area contributed by atoms with Crippen LogP contribution < -0.4 is 4.90 Å². The number of nitrogens with one attached hydrogen (secondary N) is 1. The number of benzene rings is 3. The van der Waals surface area contributed by atoms with Gasteiger partial charge in [0.1, 0.15) is 11.6 Å². The average molecular weight is 469 g/mol. The lowest BCUT2D eigenvalue weighted by atomic mass is 9.73. The van der Waals surface area contributed by atoms with Crippen LogP contribution in [0.25, 0.3) is 5.76 Å². The molecule has 0 fully saturated rings. The van der Waals surface area contributed by atoms with Crippen molar-refractivity contribution >= 4 is 34.7 Å². The third-order valence-electron chi connectivity index (χ3n) is 6.60. The van der Waals surface area contributed by atoms with Gasteiger partial charge in [0.2, 0.25) is 0 Å². The summed E-state index contributed by atoms with van der Waals surface area (Å²) in [7, 11) is 0. The molecule has 0 amide bonds. The van der Waals surface area contributed by atoms with Crippen LogP contribution in [0.4, 0.5) is 5.69 Å². The highest BCUT2D eigenvalue weighted by Gasteiger charge is 2.43. The zero-order chi connectivity index (χ0) is 23.8. The van der Waals surface area contributed by atoms with Crippen molar-refractivity contribution in [1.82, 2.24) is 0 Å². The fourth-order valence-electron chi connectivity index (χ4n) is 4.93. The van der Waals surface area contributed by atoms with E-state index < -0.39 is 5.92 Å². The van der Waals surface area contributed by atoms with E-state index >= 15 is 0 Å². The molecule has 1 heterocycles. The Hall–Kier alpha value is -3.63. The predicted molar refractivity (Wildman–Crippen MR) is 137 cm³/mol. The molecule has 3 aromatic carbocycles. The molecular weight excluding hydrogens is 444 g/mol. The maximum atomic E-state index is 13.4. The molecule has 2 aliphatic rings. The molecule has 0 spiro atoms. The zero-order valence-corrected chi connectivity index (χ0v) is 19.6. The van der Waals surface area contributed by atoms with E-state index in [9.17, 15) is 15.3 Å². The Balaban J connectivity index is 1.83. The lowest BCUT2D eigenvalue weighted by Crippen LogP contribution is -2.42. The highest BCUT2D eigenvalue weighted by atomic mass is 35.5. The zero-order valence-electron chi connectivity index (χ0n) is 18.9.